The molecule has 0 saturated carbocycles. The number of hydrogen-bond donors (Lipinski definition) is 2. The Hall–Kier alpha value is -2.37. The highest BCUT2D eigenvalue weighted by atomic mass is 16.5. The summed E-state index contributed by atoms with van der Waals surface area (Å²) in [5.74, 6) is 1.03. The van der Waals surface area contributed by atoms with Crippen molar-refractivity contribution in [2.75, 3.05) is 7.11 Å². The molecule has 1 aromatic carbocycles. The summed E-state index contributed by atoms with van der Waals surface area (Å²) >= 11 is 0. The molecule has 0 bridgehead atoms. The minimum Gasteiger partial charge on any atom is -0.497 e. The van der Waals surface area contributed by atoms with Crippen molar-refractivity contribution < 1.29 is 14.6 Å². The first-order valence-electron chi connectivity index (χ1n) is 6.34. The molecule has 6 heteroatoms. The van der Waals surface area contributed by atoms with Crippen LogP contribution >= 0.6 is 0 Å². The number of methoxy groups -OCH3 is 1. The summed E-state index contributed by atoms with van der Waals surface area (Å²) in [5, 5.41) is 15.4. The van der Waals surface area contributed by atoms with E-state index in [1.165, 1.54) is 0 Å². The Labute approximate surface area is 116 Å². The van der Waals surface area contributed by atoms with Crippen molar-refractivity contribution >= 4 is 5.97 Å². The van der Waals surface area contributed by atoms with Gasteiger partial charge < -0.3 is 9.84 Å². The number of aliphatic carboxylic acids is 1. The number of ether oxygens (including phenoxy) is 1. The average molecular weight is 275 g/mol. The zero-order chi connectivity index (χ0) is 14.5. The maximum atomic E-state index is 10.6. The molecule has 1 heterocycles. The van der Waals surface area contributed by atoms with Gasteiger partial charge in [-0.3, -0.25) is 9.89 Å². The molecule has 0 unspecified atom stereocenters. The van der Waals surface area contributed by atoms with Gasteiger partial charge in [0.2, 0.25) is 0 Å². The van der Waals surface area contributed by atoms with Crippen LogP contribution in [0.4, 0.5) is 0 Å². The van der Waals surface area contributed by atoms with Crippen molar-refractivity contribution in [1.29, 1.82) is 0 Å². The lowest BCUT2D eigenvalue weighted by Gasteiger charge is -2.08. The van der Waals surface area contributed by atoms with E-state index in [2.05, 4.69) is 15.2 Å². The van der Waals surface area contributed by atoms with Crippen molar-refractivity contribution in [3.8, 4) is 5.75 Å². The van der Waals surface area contributed by atoms with Crippen LogP contribution in [0.5, 0.6) is 5.75 Å². The fourth-order valence-corrected chi connectivity index (χ4v) is 1.96. The van der Waals surface area contributed by atoms with E-state index in [-0.39, 0.29) is 12.3 Å². The summed E-state index contributed by atoms with van der Waals surface area (Å²) in [6.07, 6.45) is 0.649. The molecular formula is C14H17N3O3. The fourth-order valence-electron chi connectivity index (χ4n) is 1.96. The van der Waals surface area contributed by atoms with E-state index in [1.54, 1.807) is 7.11 Å². The predicted molar refractivity (Wildman–Crippen MR) is 72.8 cm³/mol. The van der Waals surface area contributed by atoms with Crippen LogP contribution in [0.2, 0.25) is 0 Å². The van der Waals surface area contributed by atoms with Gasteiger partial charge in [-0.15, -0.1) is 0 Å². The van der Waals surface area contributed by atoms with Crippen LogP contribution in [0, 0.1) is 0 Å². The van der Waals surface area contributed by atoms with Crippen LogP contribution in [0.15, 0.2) is 24.3 Å². The quantitative estimate of drug-likeness (QED) is 0.839. The van der Waals surface area contributed by atoms with Gasteiger partial charge >= 0.3 is 5.97 Å². The lowest BCUT2D eigenvalue weighted by Crippen LogP contribution is -2.03. The first kappa shape index (κ1) is 14.0. The van der Waals surface area contributed by atoms with Gasteiger partial charge in [0.05, 0.1) is 7.11 Å². The molecule has 0 aliphatic heterocycles. The summed E-state index contributed by atoms with van der Waals surface area (Å²) in [4.78, 5) is 14.8. The van der Waals surface area contributed by atoms with Crippen LogP contribution in [0.3, 0.4) is 0 Å². The summed E-state index contributed by atoms with van der Waals surface area (Å²) in [5.41, 5.74) is 1.16. The van der Waals surface area contributed by atoms with Crippen molar-refractivity contribution in [3.63, 3.8) is 0 Å². The molecule has 0 radical (unpaired) electrons. The number of nitrogens with one attached hydrogen (secondary N) is 1. The molecule has 2 aromatic rings. The first-order valence-corrected chi connectivity index (χ1v) is 6.34. The van der Waals surface area contributed by atoms with Crippen molar-refractivity contribution in [1.82, 2.24) is 15.2 Å². The lowest BCUT2D eigenvalue weighted by molar-refractivity contribution is -0.136. The number of carboxylic acid groups (broad SMARTS) is 1. The Kier molecular flexibility index (Phi) is 4.34. The average Bonchev–Trinajstić information content (AvgIpc) is 2.87. The standard InChI is InChI=1S/C14H17N3O3/c1-9(7-10-3-5-11(20-2)6-4-10)14-15-12(16-17-14)8-13(18)19/h3-6,9H,7-8H2,1-2H3,(H,18,19)(H,15,16,17)/t9-/m0/s1. The summed E-state index contributed by atoms with van der Waals surface area (Å²) < 4.78 is 5.11. The highest BCUT2D eigenvalue weighted by molar-refractivity contribution is 5.68. The van der Waals surface area contributed by atoms with Gasteiger partial charge in [-0.1, -0.05) is 19.1 Å². The van der Waals surface area contributed by atoms with Gasteiger partial charge in [-0.2, -0.15) is 5.10 Å². The Morgan fingerprint density at radius 2 is 2.10 bits per heavy atom. The van der Waals surface area contributed by atoms with Crippen molar-refractivity contribution in [3.05, 3.63) is 41.5 Å². The van der Waals surface area contributed by atoms with Gasteiger partial charge in [0, 0.05) is 5.92 Å². The Bertz CT molecular complexity index is 578. The van der Waals surface area contributed by atoms with Crippen molar-refractivity contribution in [2.45, 2.75) is 25.7 Å². The summed E-state index contributed by atoms with van der Waals surface area (Å²) in [7, 11) is 1.63. The molecule has 0 saturated heterocycles. The van der Waals surface area contributed by atoms with Crippen LogP contribution in [0.1, 0.15) is 30.1 Å². The molecular weight excluding hydrogens is 258 g/mol. The SMILES string of the molecule is COc1ccc(C[C@H](C)c2n[nH]c(CC(=O)O)n2)cc1. The molecule has 1 aromatic heterocycles. The Morgan fingerprint density at radius 3 is 2.70 bits per heavy atom. The second-order valence-corrected chi connectivity index (χ2v) is 4.66. The smallest absolute Gasteiger partial charge is 0.311 e. The zero-order valence-corrected chi connectivity index (χ0v) is 11.5. The van der Waals surface area contributed by atoms with Crippen LogP contribution < -0.4 is 4.74 Å². The molecule has 2 rings (SSSR count). The van der Waals surface area contributed by atoms with E-state index < -0.39 is 5.97 Å². The molecule has 6 nitrogen and oxygen atoms in total. The molecule has 106 valence electrons. The predicted octanol–water partition coefficient (Wildman–Crippen LogP) is 1.79. The molecule has 1 atom stereocenters. The largest absolute Gasteiger partial charge is 0.497 e. The van der Waals surface area contributed by atoms with Gasteiger partial charge in [-0.25, -0.2) is 4.98 Å². The van der Waals surface area contributed by atoms with E-state index in [9.17, 15) is 4.79 Å². The molecule has 0 aliphatic rings. The van der Waals surface area contributed by atoms with Crippen LogP contribution in [-0.2, 0) is 17.6 Å². The molecule has 0 aliphatic carbocycles. The third-order valence-corrected chi connectivity index (χ3v) is 3.01. The molecule has 0 spiro atoms. The van der Waals surface area contributed by atoms with Gasteiger partial charge in [-0.05, 0) is 24.1 Å². The summed E-state index contributed by atoms with van der Waals surface area (Å²) in [6.45, 7) is 2.01. The number of H-pyrrole nitrogens is 1. The van der Waals surface area contributed by atoms with Gasteiger partial charge in [0.25, 0.3) is 0 Å². The number of benzene rings is 1. The number of rotatable bonds is 6. The number of carboxylic acids is 1. The maximum Gasteiger partial charge on any atom is 0.311 e. The molecule has 0 amide bonds. The van der Waals surface area contributed by atoms with Gasteiger partial charge in [0.15, 0.2) is 5.82 Å². The first-order chi connectivity index (χ1) is 9.58. The Balaban J connectivity index is 2.01. The lowest BCUT2D eigenvalue weighted by atomic mass is 10.0. The van der Waals surface area contributed by atoms with E-state index >= 15 is 0 Å². The number of carbonyl (C=O) groups is 1. The molecule has 2 N–H and O–H groups in total. The second-order valence-electron chi connectivity index (χ2n) is 4.66. The van der Waals surface area contributed by atoms with Crippen LogP contribution in [-0.4, -0.2) is 33.4 Å². The number of nitrogens with zero attached hydrogens (tertiary/aromatic N) is 2. The number of aromatic nitrogens is 3. The highest BCUT2D eigenvalue weighted by Gasteiger charge is 2.14. The monoisotopic (exact) mass is 275 g/mol. The number of hydrogen-bond acceptors (Lipinski definition) is 4. The van der Waals surface area contributed by atoms with E-state index in [1.807, 2.05) is 31.2 Å². The minimum absolute atomic E-state index is 0.113. The molecule has 20 heavy (non-hydrogen) atoms. The van der Waals surface area contributed by atoms with E-state index in [4.69, 9.17) is 9.84 Å². The molecule has 0 fully saturated rings. The number of aromatic amines is 1. The van der Waals surface area contributed by atoms with Gasteiger partial charge in [0.1, 0.15) is 18.0 Å². The van der Waals surface area contributed by atoms with Crippen molar-refractivity contribution in [2.24, 2.45) is 0 Å². The fraction of sp³-hybridized carbons (Fsp3) is 0.357. The van der Waals surface area contributed by atoms with E-state index in [0.29, 0.717) is 11.6 Å². The maximum absolute atomic E-state index is 10.6. The van der Waals surface area contributed by atoms with E-state index in [0.717, 1.165) is 17.7 Å². The normalized spacial score (nSPS) is 12.1. The topological polar surface area (TPSA) is 88.1 Å². The second kappa shape index (κ2) is 6.18. The third-order valence-electron chi connectivity index (χ3n) is 3.01. The summed E-state index contributed by atoms with van der Waals surface area (Å²) in [6, 6.07) is 7.83. The zero-order valence-electron chi connectivity index (χ0n) is 11.5. The minimum atomic E-state index is -0.921. The third kappa shape index (κ3) is 3.57. The van der Waals surface area contributed by atoms with Crippen LogP contribution in [0.25, 0.3) is 0 Å². The Morgan fingerprint density at radius 1 is 1.40 bits per heavy atom. The highest BCUT2D eigenvalue weighted by Crippen LogP contribution is 2.19.